The molecule has 2 aromatic heterocycles. The zero-order valence-corrected chi connectivity index (χ0v) is 16.5. The Morgan fingerprint density at radius 1 is 1.21 bits per heavy atom. The van der Waals surface area contributed by atoms with E-state index in [1.165, 1.54) is 6.07 Å². The molecule has 146 valence electrons. The summed E-state index contributed by atoms with van der Waals surface area (Å²) in [5, 5.41) is 0.592. The first-order chi connectivity index (χ1) is 14.1. The molecule has 0 saturated carbocycles. The highest BCUT2D eigenvalue weighted by atomic mass is 35.5. The van der Waals surface area contributed by atoms with Gasteiger partial charge in [-0.1, -0.05) is 17.7 Å². The molecule has 29 heavy (non-hydrogen) atoms. The molecule has 0 spiro atoms. The molecular weight excluding hydrogens is 391 g/mol. The van der Waals surface area contributed by atoms with Crippen LogP contribution in [0.15, 0.2) is 53.6 Å². The van der Waals surface area contributed by atoms with Gasteiger partial charge >= 0.3 is 0 Å². The molecule has 1 aliphatic rings. The van der Waals surface area contributed by atoms with E-state index in [0.717, 1.165) is 24.0 Å². The van der Waals surface area contributed by atoms with Crippen LogP contribution < -0.4 is 5.56 Å². The molecular formula is C22H18ClFN4O. The van der Waals surface area contributed by atoms with Crippen molar-refractivity contribution in [3.05, 3.63) is 86.9 Å². The number of benzene rings is 2. The molecule has 1 aliphatic carbocycles. The second-order valence-corrected chi connectivity index (χ2v) is 7.66. The van der Waals surface area contributed by atoms with Gasteiger partial charge in [0, 0.05) is 17.5 Å². The number of fused-ring (bicyclic) bond motifs is 2. The van der Waals surface area contributed by atoms with Gasteiger partial charge in [-0.15, -0.1) is 0 Å². The maximum absolute atomic E-state index is 13.7. The summed E-state index contributed by atoms with van der Waals surface area (Å²) in [5.41, 5.74) is 3.37. The maximum atomic E-state index is 13.7. The van der Waals surface area contributed by atoms with Crippen molar-refractivity contribution >= 4 is 22.8 Å². The first kappa shape index (κ1) is 18.1. The summed E-state index contributed by atoms with van der Waals surface area (Å²) in [6.07, 6.45) is 3.16. The molecule has 0 bridgehead atoms. The van der Waals surface area contributed by atoms with Gasteiger partial charge in [0.25, 0.3) is 5.56 Å². The van der Waals surface area contributed by atoms with E-state index in [2.05, 4.69) is 4.98 Å². The van der Waals surface area contributed by atoms with Crippen LogP contribution in [0.1, 0.15) is 36.2 Å². The zero-order chi connectivity index (χ0) is 20.1. The molecule has 4 aromatic rings. The Morgan fingerprint density at radius 2 is 2.00 bits per heavy atom. The lowest BCUT2D eigenvalue weighted by Gasteiger charge is -2.18. The van der Waals surface area contributed by atoms with Crippen LogP contribution in [0.3, 0.4) is 0 Å². The monoisotopic (exact) mass is 408 g/mol. The Morgan fingerprint density at radius 3 is 2.76 bits per heavy atom. The van der Waals surface area contributed by atoms with E-state index in [9.17, 15) is 9.18 Å². The van der Waals surface area contributed by atoms with Crippen molar-refractivity contribution in [3.63, 3.8) is 0 Å². The summed E-state index contributed by atoms with van der Waals surface area (Å²) in [4.78, 5) is 22.7. The van der Waals surface area contributed by atoms with Crippen LogP contribution in [-0.4, -0.2) is 19.1 Å². The van der Waals surface area contributed by atoms with Crippen molar-refractivity contribution in [1.82, 2.24) is 19.1 Å². The quantitative estimate of drug-likeness (QED) is 0.502. The normalized spacial score (nSPS) is 15.8. The molecule has 0 aliphatic heterocycles. The number of aromatic nitrogens is 4. The van der Waals surface area contributed by atoms with Crippen LogP contribution >= 0.6 is 11.6 Å². The van der Waals surface area contributed by atoms with Gasteiger partial charge < -0.3 is 4.57 Å². The molecule has 2 aromatic carbocycles. The van der Waals surface area contributed by atoms with E-state index < -0.39 is 0 Å². The fraction of sp³-hybridized carbons (Fsp3) is 0.227. The van der Waals surface area contributed by atoms with Crippen molar-refractivity contribution in [2.24, 2.45) is 0 Å². The largest absolute Gasteiger partial charge is 0.315 e. The van der Waals surface area contributed by atoms with Gasteiger partial charge in [-0.25, -0.2) is 14.4 Å². The number of hydrogen-bond donors (Lipinski definition) is 0. The van der Waals surface area contributed by atoms with Gasteiger partial charge in [-0.2, -0.15) is 0 Å². The number of nitrogens with zero attached hydrogens (tertiary/aromatic N) is 4. The second kappa shape index (κ2) is 6.81. The number of rotatable bonds is 3. The van der Waals surface area contributed by atoms with Crippen LogP contribution in [0, 0.1) is 5.82 Å². The van der Waals surface area contributed by atoms with Gasteiger partial charge in [0.2, 0.25) is 0 Å². The summed E-state index contributed by atoms with van der Waals surface area (Å²) in [6.45, 7) is 2.65. The van der Waals surface area contributed by atoms with Crippen LogP contribution in [0.5, 0.6) is 0 Å². The van der Waals surface area contributed by atoms with E-state index >= 15 is 0 Å². The standard InChI is InChI=1S/C22H18ClFN4O/c1-2-27-12-25-19-21(27)26-20(18-9-3-13-11-15(24)6-10-17(13)18)28(22(19)29)16-7-4-14(23)5-8-16/h4-8,10-12,18H,2-3,9H2,1H3. The third kappa shape index (κ3) is 2.86. The highest BCUT2D eigenvalue weighted by Crippen LogP contribution is 2.38. The van der Waals surface area contributed by atoms with Gasteiger partial charge in [0.15, 0.2) is 11.2 Å². The van der Waals surface area contributed by atoms with E-state index in [1.807, 2.05) is 17.6 Å². The molecule has 5 rings (SSSR count). The lowest BCUT2D eigenvalue weighted by Crippen LogP contribution is -2.26. The number of halogens is 2. The minimum atomic E-state index is -0.244. The number of hydrogen-bond acceptors (Lipinski definition) is 3. The van der Waals surface area contributed by atoms with E-state index in [0.29, 0.717) is 34.2 Å². The Balaban J connectivity index is 1.81. The molecule has 2 heterocycles. The zero-order valence-electron chi connectivity index (χ0n) is 15.8. The van der Waals surface area contributed by atoms with Gasteiger partial charge in [0.05, 0.1) is 12.0 Å². The third-order valence-corrected chi connectivity index (χ3v) is 5.84. The molecule has 5 nitrogen and oxygen atoms in total. The predicted molar refractivity (Wildman–Crippen MR) is 110 cm³/mol. The Labute approximate surface area is 171 Å². The first-order valence-corrected chi connectivity index (χ1v) is 9.96. The van der Waals surface area contributed by atoms with Crippen molar-refractivity contribution in [2.75, 3.05) is 0 Å². The minimum Gasteiger partial charge on any atom is -0.315 e. The SMILES string of the molecule is CCn1cnc2c(=O)n(-c3ccc(Cl)cc3)c(C3CCc4cc(F)ccc43)nc21. The summed E-state index contributed by atoms with van der Waals surface area (Å²) in [5.74, 6) is 0.302. The molecule has 1 atom stereocenters. The molecule has 1 unspecified atom stereocenters. The Hall–Kier alpha value is -2.99. The maximum Gasteiger partial charge on any atom is 0.286 e. The highest BCUT2D eigenvalue weighted by molar-refractivity contribution is 6.30. The summed E-state index contributed by atoms with van der Waals surface area (Å²) >= 11 is 6.05. The lowest BCUT2D eigenvalue weighted by atomic mass is 10.00. The average molecular weight is 409 g/mol. The highest BCUT2D eigenvalue weighted by Gasteiger charge is 2.30. The molecule has 0 N–H and O–H groups in total. The van der Waals surface area contributed by atoms with Crippen molar-refractivity contribution in [1.29, 1.82) is 0 Å². The number of aryl methyl sites for hydroxylation is 2. The molecule has 0 fully saturated rings. The summed E-state index contributed by atoms with van der Waals surface area (Å²) in [6, 6.07) is 12.0. The van der Waals surface area contributed by atoms with Crippen LogP contribution in [-0.2, 0) is 13.0 Å². The molecule has 0 saturated heterocycles. The Bertz CT molecular complexity index is 1290. The topological polar surface area (TPSA) is 52.7 Å². The fourth-order valence-electron chi connectivity index (χ4n) is 4.17. The lowest BCUT2D eigenvalue weighted by molar-refractivity contribution is 0.625. The van der Waals surface area contributed by atoms with Crippen LogP contribution in [0.25, 0.3) is 16.9 Å². The smallest absolute Gasteiger partial charge is 0.286 e. The van der Waals surface area contributed by atoms with Crippen molar-refractivity contribution in [3.8, 4) is 5.69 Å². The average Bonchev–Trinajstić information content (AvgIpc) is 3.32. The Kier molecular flexibility index (Phi) is 4.24. The minimum absolute atomic E-state index is 0.0985. The van der Waals surface area contributed by atoms with E-state index in [4.69, 9.17) is 16.6 Å². The summed E-state index contributed by atoms with van der Waals surface area (Å²) in [7, 11) is 0. The number of imidazole rings is 1. The van der Waals surface area contributed by atoms with Gasteiger partial charge in [-0.3, -0.25) is 9.36 Å². The van der Waals surface area contributed by atoms with Gasteiger partial charge in [0.1, 0.15) is 11.6 Å². The van der Waals surface area contributed by atoms with Crippen LogP contribution in [0.4, 0.5) is 4.39 Å². The predicted octanol–water partition coefficient (Wildman–Crippen LogP) is 4.47. The second-order valence-electron chi connectivity index (χ2n) is 7.22. The first-order valence-electron chi connectivity index (χ1n) is 9.59. The van der Waals surface area contributed by atoms with Gasteiger partial charge in [-0.05, 0) is 67.3 Å². The third-order valence-electron chi connectivity index (χ3n) is 5.59. The fourth-order valence-corrected chi connectivity index (χ4v) is 4.30. The van der Waals surface area contributed by atoms with E-state index in [1.54, 1.807) is 41.2 Å². The molecule has 0 amide bonds. The van der Waals surface area contributed by atoms with Crippen molar-refractivity contribution < 1.29 is 4.39 Å². The molecule has 0 radical (unpaired) electrons. The van der Waals surface area contributed by atoms with E-state index in [-0.39, 0.29) is 17.3 Å². The molecule has 7 heteroatoms. The van der Waals surface area contributed by atoms with Crippen molar-refractivity contribution in [2.45, 2.75) is 32.2 Å². The van der Waals surface area contributed by atoms with Crippen LogP contribution in [0.2, 0.25) is 5.02 Å². The summed E-state index contributed by atoms with van der Waals surface area (Å²) < 4.78 is 17.2.